The van der Waals surface area contributed by atoms with Crippen LogP contribution in [0.25, 0.3) is 10.9 Å². The van der Waals surface area contributed by atoms with Gasteiger partial charge in [0.05, 0.1) is 17.1 Å². The highest BCUT2D eigenvalue weighted by atomic mass is 19.1. The largest absolute Gasteiger partial charge is 0.353 e. The van der Waals surface area contributed by atoms with E-state index in [1.807, 2.05) is 30.6 Å². The van der Waals surface area contributed by atoms with Crippen molar-refractivity contribution in [1.29, 1.82) is 5.26 Å². The van der Waals surface area contributed by atoms with Gasteiger partial charge in [-0.1, -0.05) is 26.0 Å². The van der Waals surface area contributed by atoms with Gasteiger partial charge in [-0.3, -0.25) is 4.79 Å². The number of nitriles is 1. The number of aromatic nitrogens is 1. The van der Waals surface area contributed by atoms with E-state index in [1.165, 1.54) is 18.2 Å². The average Bonchev–Trinajstić information content (AvgIpc) is 3.01. The quantitative estimate of drug-likeness (QED) is 0.694. The number of amides is 1. The predicted octanol–water partition coefficient (Wildman–Crippen LogP) is 4.47. The van der Waals surface area contributed by atoms with Crippen LogP contribution in [0.1, 0.15) is 42.7 Å². The summed E-state index contributed by atoms with van der Waals surface area (Å²) in [5.41, 5.74) is 3.38. The van der Waals surface area contributed by atoms with Crippen LogP contribution in [0.5, 0.6) is 0 Å². The van der Waals surface area contributed by atoms with E-state index in [0.29, 0.717) is 30.3 Å². The molecule has 1 amide bonds. The number of nitrogens with one attached hydrogen (secondary N) is 1. The monoisotopic (exact) mass is 407 g/mol. The van der Waals surface area contributed by atoms with E-state index in [0.717, 1.165) is 23.2 Å². The third kappa shape index (κ3) is 3.68. The lowest BCUT2D eigenvalue weighted by Gasteiger charge is -2.26. The number of halogens is 2. The zero-order chi connectivity index (χ0) is 21.4. The van der Waals surface area contributed by atoms with Crippen molar-refractivity contribution in [3.63, 3.8) is 0 Å². The fourth-order valence-corrected chi connectivity index (χ4v) is 4.28. The van der Waals surface area contributed by atoms with Crippen molar-refractivity contribution in [2.75, 3.05) is 0 Å². The van der Waals surface area contributed by atoms with Crippen LogP contribution in [-0.4, -0.2) is 16.5 Å². The van der Waals surface area contributed by atoms with Gasteiger partial charge in [0.2, 0.25) is 5.91 Å². The fourth-order valence-electron chi connectivity index (χ4n) is 4.28. The number of hydrogen-bond donors (Lipinski definition) is 1. The molecule has 4 nitrogen and oxygen atoms in total. The Morgan fingerprint density at radius 2 is 2.10 bits per heavy atom. The molecule has 0 spiro atoms. The second kappa shape index (κ2) is 7.91. The van der Waals surface area contributed by atoms with Gasteiger partial charge in [0.1, 0.15) is 11.6 Å². The number of fused-ring (bicyclic) bond motifs is 3. The van der Waals surface area contributed by atoms with Gasteiger partial charge in [-0.25, -0.2) is 8.78 Å². The molecule has 0 bridgehead atoms. The van der Waals surface area contributed by atoms with Crippen LogP contribution < -0.4 is 5.32 Å². The summed E-state index contributed by atoms with van der Waals surface area (Å²) in [5.74, 6) is -0.904. The van der Waals surface area contributed by atoms with Crippen LogP contribution in [0.15, 0.2) is 36.4 Å². The van der Waals surface area contributed by atoms with Gasteiger partial charge in [0, 0.05) is 29.6 Å². The van der Waals surface area contributed by atoms with Crippen LogP contribution in [0, 0.1) is 28.9 Å². The Morgan fingerprint density at radius 3 is 2.80 bits per heavy atom. The molecule has 2 aromatic carbocycles. The highest BCUT2D eigenvalue weighted by Crippen LogP contribution is 2.35. The van der Waals surface area contributed by atoms with Gasteiger partial charge in [-0.05, 0) is 54.7 Å². The fraction of sp³-hybridized carbons (Fsp3) is 0.333. The van der Waals surface area contributed by atoms with Gasteiger partial charge in [0.15, 0.2) is 0 Å². The number of hydrogen-bond acceptors (Lipinski definition) is 2. The number of rotatable bonds is 4. The summed E-state index contributed by atoms with van der Waals surface area (Å²) < 4.78 is 30.7. The minimum atomic E-state index is -0.461. The van der Waals surface area contributed by atoms with Gasteiger partial charge in [0.25, 0.3) is 0 Å². The zero-order valence-corrected chi connectivity index (χ0v) is 17.0. The molecule has 3 aromatic rings. The summed E-state index contributed by atoms with van der Waals surface area (Å²) in [7, 11) is 0. The Bertz CT molecular complexity index is 1170. The molecule has 0 saturated heterocycles. The summed E-state index contributed by atoms with van der Waals surface area (Å²) in [6.07, 6.45) is 2.00. The molecule has 1 unspecified atom stereocenters. The Hall–Kier alpha value is -3.20. The second-order valence-corrected chi connectivity index (χ2v) is 8.21. The minimum absolute atomic E-state index is 0.00385. The Balaban J connectivity index is 1.81. The van der Waals surface area contributed by atoms with Crippen molar-refractivity contribution in [1.82, 2.24) is 9.88 Å². The first kappa shape index (κ1) is 20.1. The third-order valence-electron chi connectivity index (χ3n) is 5.74. The molecule has 1 N–H and O–H groups in total. The summed E-state index contributed by atoms with van der Waals surface area (Å²) in [6.45, 7) is 4.04. The highest BCUT2D eigenvalue weighted by Gasteiger charge is 2.28. The molecule has 154 valence electrons. The topological polar surface area (TPSA) is 57.8 Å². The lowest BCUT2D eigenvalue weighted by molar-refractivity contribution is -0.124. The first-order chi connectivity index (χ1) is 14.4. The van der Waals surface area contributed by atoms with E-state index in [1.54, 1.807) is 12.1 Å². The van der Waals surface area contributed by atoms with Crippen LogP contribution in [0.3, 0.4) is 0 Å². The maximum Gasteiger partial charge on any atom is 0.222 e. The molecule has 0 aliphatic heterocycles. The summed E-state index contributed by atoms with van der Waals surface area (Å²) in [6, 6.07) is 11.2. The first-order valence-electron chi connectivity index (χ1n) is 10.2. The smallest absolute Gasteiger partial charge is 0.222 e. The summed E-state index contributed by atoms with van der Waals surface area (Å²) in [5, 5.41) is 13.1. The standard InChI is InChI=1S/C24H23F2N3O/c1-14(2)24(30)28-18-6-7-22-19(11-18)20-9-16(12-27)10-21(26)23(20)29(22)13-15-4-3-5-17(25)8-15/h3-5,8-10,14,18H,6-7,11,13H2,1-2H3,(H,28,30). The van der Waals surface area contributed by atoms with E-state index < -0.39 is 5.82 Å². The van der Waals surface area contributed by atoms with Crippen LogP contribution in [-0.2, 0) is 24.2 Å². The molecule has 1 aliphatic rings. The number of benzene rings is 2. The van der Waals surface area contributed by atoms with Crippen molar-refractivity contribution in [2.24, 2.45) is 5.92 Å². The third-order valence-corrected chi connectivity index (χ3v) is 5.74. The lowest BCUT2D eigenvalue weighted by atomic mass is 9.90. The summed E-state index contributed by atoms with van der Waals surface area (Å²) >= 11 is 0. The molecular formula is C24H23F2N3O. The van der Waals surface area contributed by atoms with E-state index in [2.05, 4.69) is 5.32 Å². The molecule has 0 saturated carbocycles. The molecule has 1 heterocycles. The maximum atomic E-state index is 15.1. The molecule has 30 heavy (non-hydrogen) atoms. The molecule has 1 aliphatic carbocycles. The van der Waals surface area contributed by atoms with Crippen molar-refractivity contribution in [3.05, 3.63) is 70.4 Å². The summed E-state index contributed by atoms with van der Waals surface area (Å²) in [4.78, 5) is 12.2. The highest BCUT2D eigenvalue weighted by molar-refractivity contribution is 5.88. The minimum Gasteiger partial charge on any atom is -0.353 e. The second-order valence-electron chi connectivity index (χ2n) is 8.21. The SMILES string of the molecule is CC(C)C(=O)NC1CCc2c(c3cc(C#N)cc(F)c3n2Cc2cccc(F)c2)C1. The van der Waals surface area contributed by atoms with Gasteiger partial charge < -0.3 is 9.88 Å². The molecule has 1 atom stereocenters. The van der Waals surface area contributed by atoms with Crippen molar-refractivity contribution < 1.29 is 13.6 Å². The molecular weight excluding hydrogens is 384 g/mol. The number of nitrogens with zero attached hydrogens (tertiary/aromatic N) is 2. The Labute approximate surface area is 174 Å². The van der Waals surface area contributed by atoms with Gasteiger partial charge >= 0.3 is 0 Å². The van der Waals surface area contributed by atoms with Crippen molar-refractivity contribution in [2.45, 2.75) is 45.7 Å². The van der Waals surface area contributed by atoms with E-state index in [9.17, 15) is 14.4 Å². The zero-order valence-electron chi connectivity index (χ0n) is 17.0. The number of carbonyl (C=O) groups is 1. The molecule has 1 aromatic heterocycles. The maximum absolute atomic E-state index is 15.1. The Kier molecular flexibility index (Phi) is 5.29. The average molecular weight is 407 g/mol. The van der Waals surface area contributed by atoms with Gasteiger partial charge in [-0.2, -0.15) is 5.26 Å². The van der Waals surface area contributed by atoms with Crippen LogP contribution >= 0.6 is 0 Å². The molecule has 6 heteroatoms. The van der Waals surface area contributed by atoms with Gasteiger partial charge in [-0.15, -0.1) is 0 Å². The lowest BCUT2D eigenvalue weighted by Crippen LogP contribution is -2.41. The van der Waals surface area contributed by atoms with E-state index in [-0.39, 0.29) is 29.2 Å². The Morgan fingerprint density at radius 1 is 1.30 bits per heavy atom. The normalized spacial score (nSPS) is 15.8. The van der Waals surface area contributed by atoms with Crippen molar-refractivity contribution in [3.8, 4) is 6.07 Å². The van der Waals surface area contributed by atoms with E-state index >= 15 is 4.39 Å². The first-order valence-corrected chi connectivity index (χ1v) is 10.2. The molecule has 0 radical (unpaired) electrons. The van der Waals surface area contributed by atoms with Crippen LogP contribution in [0.2, 0.25) is 0 Å². The predicted molar refractivity (Wildman–Crippen MR) is 111 cm³/mol. The van der Waals surface area contributed by atoms with Crippen molar-refractivity contribution >= 4 is 16.8 Å². The van der Waals surface area contributed by atoms with Crippen LogP contribution in [0.4, 0.5) is 8.78 Å². The van der Waals surface area contributed by atoms with E-state index in [4.69, 9.17) is 0 Å². The molecule has 0 fully saturated rings. The number of carbonyl (C=O) groups excluding carboxylic acids is 1. The molecule has 4 rings (SSSR count).